The van der Waals surface area contributed by atoms with Gasteiger partial charge in [-0.05, 0) is 43.2 Å². The fraction of sp³-hybridized carbons (Fsp3) is 0.333. The number of carboxylic acids is 1. The van der Waals surface area contributed by atoms with Gasteiger partial charge in [-0.1, -0.05) is 0 Å². The summed E-state index contributed by atoms with van der Waals surface area (Å²) in [6.45, 7) is 0.954. The van der Waals surface area contributed by atoms with Gasteiger partial charge in [0.25, 0.3) is 10.0 Å². The van der Waals surface area contributed by atoms with Crippen LogP contribution in [0, 0.1) is 5.92 Å². The van der Waals surface area contributed by atoms with Gasteiger partial charge in [-0.25, -0.2) is 13.2 Å². The molecule has 0 unspecified atom stereocenters. The molecule has 0 bridgehead atoms. The Bertz CT molecular complexity index is 1130. The lowest BCUT2D eigenvalue weighted by Crippen LogP contribution is -2.39. The third-order valence-corrected chi connectivity index (χ3v) is 6.76. The summed E-state index contributed by atoms with van der Waals surface area (Å²) in [5.41, 5.74) is 5.87. The van der Waals surface area contributed by atoms with E-state index in [1.807, 2.05) is 4.90 Å². The Morgan fingerprint density at radius 1 is 1.06 bits per heavy atom. The Morgan fingerprint density at radius 2 is 1.72 bits per heavy atom. The molecule has 1 saturated heterocycles. The minimum Gasteiger partial charge on any atom is -0.493 e. The summed E-state index contributed by atoms with van der Waals surface area (Å²) in [5, 5.41) is 9.69. The van der Waals surface area contributed by atoms with Gasteiger partial charge in [0.2, 0.25) is 5.91 Å². The van der Waals surface area contributed by atoms with Gasteiger partial charge in [0.1, 0.15) is 0 Å². The number of amides is 1. The maximum Gasteiger partial charge on any atom is 0.337 e. The van der Waals surface area contributed by atoms with Crippen LogP contribution in [0.1, 0.15) is 23.2 Å². The number of hydrogen-bond acceptors (Lipinski definition) is 7. The van der Waals surface area contributed by atoms with Crippen LogP contribution < -0.4 is 24.8 Å². The van der Waals surface area contributed by atoms with E-state index in [4.69, 9.17) is 15.2 Å². The van der Waals surface area contributed by atoms with Crippen LogP contribution >= 0.6 is 0 Å². The molecule has 32 heavy (non-hydrogen) atoms. The maximum atomic E-state index is 12.8. The highest BCUT2D eigenvalue weighted by atomic mass is 32.2. The fourth-order valence-corrected chi connectivity index (χ4v) is 4.71. The standard InChI is InChI=1S/C21H25N3O7S/c1-30-18-6-4-15(12-19(18)31-2)32(28,29)23-14-3-5-17(16(11-14)21(26)27)24-9-7-13(8-10-24)20(22)25/h3-6,11-13,23H,7-10H2,1-2H3,(H2,22,25)(H,26,27). The number of piperidine rings is 1. The van der Waals surface area contributed by atoms with Crippen molar-refractivity contribution in [3.05, 3.63) is 42.0 Å². The molecule has 1 fully saturated rings. The number of nitrogens with one attached hydrogen (secondary N) is 1. The largest absolute Gasteiger partial charge is 0.493 e. The Kier molecular flexibility index (Phi) is 6.78. The molecule has 10 nitrogen and oxygen atoms in total. The second-order valence-corrected chi connectivity index (χ2v) is 9.01. The number of carbonyl (C=O) groups is 2. The third-order valence-electron chi connectivity index (χ3n) is 5.38. The lowest BCUT2D eigenvalue weighted by atomic mass is 9.95. The van der Waals surface area contributed by atoms with Crippen molar-refractivity contribution in [2.45, 2.75) is 17.7 Å². The van der Waals surface area contributed by atoms with Crippen LogP contribution in [0.3, 0.4) is 0 Å². The Balaban J connectivity index is 1.86. The van der Waals surface area contributed by atoms with Gasteiger partial charge in [-0.15, -0.1) is 0 Å². The van der Waals surface area contributed by atoms with Crippen molar-refractivity contribution in [3.63, 3.8) is 0 Å². The Morgan fingerprint density at radius 3 is 2.28 bits per heavy atom. The number of nitrogens with zero attached hydrogens (tertiary/aromatic N) is 1. The minimum absolute atomic E-state index is 0.0463. The van der Waals surface area contributed by atoms with E-state index in [2.05, 4.69) is 4.72 Å². The lowest BCUT2D eigenvalue weighted by Gasteiger charge is -2.33. The number of benzene rings is 2. The average Bonchev–Trinajstić information content (AvgIpc) is 2.78. The van der Waals surface area contributed by atoms with Crippen LogP contribution in [0.2, 0.25) is 0 Å². The van der Waals surface area contributed by atoms with Gasteiger partial charge < -0.3 is 25.2 Å². The highest BCUT2D eigenvalue weighted by Crippen LogP contribution is 2.32. The van der Waals surface area contributed by atoms with Gasteiger partial charge >= 0.3 is 5.97 Å². The van der Waals surface area contributed by atoms with Gasteiger partial charge in [-0.2, -0.15) is 0 Å². The first-order valence-corrected chi connectivity index (χ1v) is 11.3. The second-order valence-electron chi connectivity index (χ2n) is 7.32. The molecule has 1 amide bonds. The van der Waals surface area contributed by atoms with Gasteiger partial charge in [-0.3, -0.25) is 9.52 Å². The smallest absolute Gasteiger partial charge is 0.337 e. The molecule has 0 radical (unpaired) electrons. The van der Waals surface area contributed by atoms with Gasteiger partial charge in [0.15, 0.2) is 11.5 Å². The number of nitrogens with two attached hydrogens (primary N) is 1. The summed E-state index contributed by atoms with van der Waals surface area (Å²) in [5.74, 6) is -1.15. The van der Waals surface area contributed by atoms with Crippen molar-refractivity contribution in [1.82, 2.24) is 0 Å². The molecule has 2 aromatic carbocycles. The fourth-order valence-electron chi connectivity index (χ4n) is 3.65. The maximum absolute atomic E-state index is 12.8. The van der Waals surface area contributed by atoms with E-state index in [-0.39, 0.29) is 33.7 Å². The summed E-state index contributed by atoms with van der Waals surface area (Å²) in [7, 11) is -1.18. The van der Waals surface area contributed by atoms with Crippen LogP contribution in [0.5, 0.6) is 11.5 Å². The topological polar surface area (TPSA) is 148 Å². The number of anilines is 2. The molecule has 0 aliphatic carbocycles. The van der Waals surface area contributed by atoms with E-state index in [0.29, 0.717) is 37.4 Å². The molecule has 2 aromatic rings. The molecule has 0 saturated carbocycles. The van der Waals surface area contributed by atoms with Crippen molar-refractivity contribution in [1.29, 1.82) is 0 Å². The van der Waals surface area contributed by atoms with E-state index in [9.17, 15) is 23.1 Å². The van der Waals surface area contributed by atoms with Crippen molar-refractivity contribution < 1.29 is 32.6 Å². The van der Waals surface area contributed by atoms with E-state index < -0.39 is 16.0 Å². The number of sulfonamides is 1. The Labute approximate surface area is 186 Å². The number of aromatic carboxylic acids is 1. The number of methoxy groups -OCH3 is 2. The highest BCUT2D eigenvalue weighted by molar-refractivity contribution is 7.92. The molecule has 1 aliphatic rings. The number of rotatable bonds is 8. The SMILES string of the molecule is COc1ccc(S(=O)(=O)Nc2ccc(N3CCC(C(N)=O)CC3)c(C(=O)O)c2)cc1OC. The third kappa shape index (κ3) is 4.88. The molecule has 3 rings (SSSR count). The summed E-state index contributed by atoms with van der Waals surface area (Å²) in [4.78, 5) is 25.0. The molecular weight excluding hydrogens is 438 g/mol. The van der Waals surface area contributed by atoms with Crippen LogP contribution in [0.25, 0.3) is 0 Å². The summed E-state index contributed by atoms with van der Waals surface area (Å²) in [6, 6.07) is 8.47. The monoisotopic (exact) mass is 463 g/mol. The normalized spacial score (nSPS) is 14.6. The van der Waals surface area contributed by atoms with Crippen LogP contribution in [-0.2, 0) is 14.8 Å². The minimum atomic E-state index is -4.01. The van der Waals surface area contributed by atoms with E-state index in [0.717, 1.165) is 0 Å². The first-order chi connectivity index (χ1) is 15.2. The molecule has 0 atom stereocenters. The van der Waals surface area contributed by atoms with Crippen LogP contribution in [0.15, 0.2) is 41.3 Å². The number of primary amides is 1. The molecule has 1 aliphatic heterocycles. The lowest BCUT2D eigenvalue weighted by molar-refractivity contribution is -0.122. The number of hydrogen-bond donors (Lipinski definition) is 3. The van der Waals surface area contributed by atoms with Crippen LogP contribution in [0.4, 0.5) is 11.4 Å². The van der Waals surface area contributed by atoms with Crippen molar-refractivity contribution in [2.75, 3.05) is 36.9 Å². The van der Waals surface area contributed by atoms with E-state index in [1.54, 1.807) is 6.07 Å². The van der Waals surface area contributed by atoms with E-state index >= 15 is 0 Å². The number of carboxylic acid groups (broad SMARTS) is 1. The summed E-state index contributed by atoms with van der Waals surface area (Å²) >= 11 is 0. The quantitative estimate of drug-likeness (QED) is 0.538. The molecule has 11 heteroatoms. The zero-order valence-corrected chi connectivity index (χ0v) is 18.5. The number of carbonyl (C=O) groups excluding carboxylic acids is 1. The Hall–Kier alpha value is -3.47. The first kappa shape index (κ1) is 23.2. The average molecular weight is 464 g/mol. The zero-order chi connectivity index (χ0) is 23.5. The van der Waals surface area contributed by atoms with Gasteiger partial charge in [0.05, 0.1) is 30.4 Å². The van der Waals surface area contributed by atoms with Crippen molar-refractivity contribution in [3.8, 4) is 11.5 Å². The molecule has 0 spiro atoms. The van der Waals surface area contributed by atoms with Crippen molar-refractivity contribution in [2.24, 2.45) is 11.7 Å². The number of ether oxygens (including phenoxy) is 2. The zero-order valence-electron chi connectivity index (χ0n) is 17.7. The molecular formula is C21H25N3O7S. The molecule has 4 N–H and O–H groups in total. The summed E-state index contributed by atoms with van der Waals surface area (Å²) < 4.78 is 38.3. The predicted molar refractivity (Wildman–Crippen MR) is 118 cm³/mol. The van der Waals surface area contributed by atoms with Crippen molar-refractivity contribution >= 4 is 33.3 Å². The molecule has 172 valence electrons. The van der Waals surface area contributed by atoms with Crippen LogP contribution in [-0.4, -0.2) is 52.7 Å². The molecule has 1 heterocycles. The molecule has 0 aromatic heterocycles. The highest BCUT2D eigenvalue weighted by Gasteiger charge is 2.26. The summed E-state index contributed by atoms with van der Waals surface area (Å²) in [6.07, 6.45) is 1.06. The van der Waals surface area contributed by atoms with E-state index in [1.165, 1.54) is 44.6 Å². The second kappa shape index (κ2) is 9.35. The van der Waals surface area contributed by atoms with Gasteiger partial charge in [0, 0.05) is 30.8 Å². The predicted octanol–water partition coefficient (Wildman–Crippen LogP) is 1.90. The first-order valence-electron chi connectivity index (χ1n) is 9.82.